The first-order valence-corrected chi connectivity index (χ1v) is 3.45. The molecule has 0 spiro atoms. The van der Waals surface area contributed by atoms with Crippen LogP contribution in [0.15, 0.2) is 12.1 Å². The second-order valence-electron chi connectivity index (χ2n) is 2.67. The van der Waals surface area contributed by atoms with Crippen molar-refractivity contribution in [1.29, 1.82) is 0 Å². The van der Waals surface area contributed by atoms with E-state index < -0.39 is 4.92 Å². The molecule has 0 saturated heterocycles. The number of rotatable bonds is 1. The summed E-state index contributed by atoms with van der Waals surface area (Å²) in [4.78, 5) is 9.82. The average molecular weight is 205 g/mol. The molecule has 0 aliphatic rings. The summed E-state index contributed by atoms with van der Waals surface area (Å²) in [5.41, 5.74) is 0.813. The zero-order valence-electron chi connectivity index (χ0n) is 7.83. The largest absolute Gasteiger partial charge is 1.00 e. The number of nitro groups is 1. The van der Waals surface area contributed by atoms with Gasteiger partial charge in [-0.2, -0.15) is 0 Å². The van der Waals surface area contributed by atoms with Crippen molar-refractivity contribution < 1.29 is 61.4 Å². The number of non-ortho nitro benzene ring substituents is 1. The monoisotopic (exact) mass is 205 g/mol. The van der Waals surface area contributed by atoms with Crippen LogP contribution in [-0.2, 0) is 0 Å². The molecule has 0 aliphatic heterocycles. The summed E-state index contributed by atoms with van der Waals surface area (Å²) in [6.07, 6.45) is 0. The maximum Gasteiger partial charge on any atom is 1.00 e. The van der Waals surface area contributed by atoms with Crippen LogP contribution in [-0.4, -0.2) is 4.92 Å². The molecule has 0 aliphatic carbocycles. The van der Waals surface area contributed by atoms with E-state index in [0.29, 0.717) is 11.1 Å². The van der Waals surface area contributed by atoms with E-state index in [1.54, 1.807) is 13.8 Å². The Morgan fingerprint density at radius 1 is 1.23 bits per heavy atom. The third kappa shape index (κ3) is 3.03. The quantitative estimate of drug-likeness (QED) is 0.311. The van der Waals surface area contributed by atoms with Crippen molar-refractivity contribution in [2.24, 2.45) is 0 Å². The van der Waals surface area contributed by atoms with Crippen molar-refractivity contribution in [1.82, 2.24) is 0 Å². The standard InChI is InChI=1S/C8H9NO3.K/c1-5-3-7(9(11)12)4-6(2)8(5)10;/h3-4,10H,1-2H3;/q;+1/p-1. The molecule has 13 heavy (non-hydrogen) atoms. The Kier molecular flexibility index (Phi) is 5.09. The van der Waals surface area contributed by atoms with Crippen molar-refractivity contribution in [2.45, 2.75) is 13.8 Å². The first kappa shape index (κ1) is 13.1. The topological polar surface area (TPSA) is 66.2 Å². The average Bonchev–Trinajstić information content (AvgIpc) is 1.99. The molecule has 0 heterocycles. The number of nitrogens with zero attached hydrogens (tertiary/aromatic N) is 1. The Balaban J connectivity index is 0.00000144. The predicted molar refractivity (Wildman–Crippen MR) is 42.0 cm³/mol. The van der Waals surface area contributed by atoms with Gasteiger partial charge in [0.25, 0.3) is 5.69 Å². The Hall–Kier alpha value is 0.0564. The smallest absolute Gasteiger partial charge is 0.872 e. The van der Waals surface area contributed by atoms with Crippen LogP contribution in [0.25, 0.3) is 0 Å². The number of hydrogen-bond donors (Lipinski definition) is 0. The molecular formula is C8H8KNO3. The molecule has 1 aromatic carbocycles. The second-order valence-corrected chi connectivity index (χ2v) is 2.67. The fraction of sp³-hybridized carbons (Fsp3) is 0.250. The molecule has 4 nitrogen and oxygen atoms in total. The van der Waals surface area contributed by atoms with Crippen LogP contribution in [0.4, 0.5) is 5.69 Å². The fourth-order valence-corrected chi connectivity index (χ4v) is 1.03. The van der Waals surface area contributed by atoms with E-state index >= 15 is 0 Å². The van der Waals surface area contributed by atoms with E-state index in [1.165, 1.54) is 12.1 Å². The third-order valence-corrected chi connectivity index (χ3v) is 1.66. The van der Waals surface area contributed by atoms with Crippen molar-refractivity contribution in [3.8, 4) is 5.75 Å². The number of hydrogen-bond acceptors (Lipinski definition) is 3. The molecule has 64 valence electrons. The summed E-state index contributed by atoms with van der Waals surface area (Å²) >= 11 is 0. The summed E-state index contributed by atoms with van der Waals surface area (Å²) in [5.74, 6) is -0.124. The molecule has 0 radical (unpaired) electrons. The van der Waals surface area contributed by atoms with Crippen LogP contribution in [0, 0.1) is 24.0 Å². The molecule has 0 amide bonds. The van der Waals surface area contributed by atoms with E-state index in [-0.39, 0.29) is 62.8 Å². The zero-order valence-corrected chi connectivity index (χ0v) is 10.9. The van der Waals surface area contributed by atoms with Gasteiger partial charge < -0.3 is 5.11 Å². The van der Waals surface area contributed by atoms with E-state index in [1.807, 2.05) is 0 Å². The van der Waals surface area contributed by atoms with E-state index in [0.717, 1.165) is 0 Å². The normalized spacial score (nSPS) is 9.08. The van der Waals surface area contributed by atoms with E-state index in [2.05, 4.69) is 0 Å². The maximum atomic E-state index is 11.1. The number of aryl methyl sites for hydroxylation is 2. The Morgan fingerprint density at radius 3 is 1.92 bits per heavy atom. The van der Waals surface area contributed by atoms with Gasteiger partial charge in [0.05, 0.1) is 4.92 Å². The van der Waals surface area contributed by atoms with Crippen molar-refractivity contribution in [3.05, 3.63) is 33.4 Å². The molecule has 0 aromatic heterocycles. The van der Waals surface area contributed by atoms with Gasteiger partial charge in [-0.25, -0.2) is 0 Å². The van der Waals surface area contributed by atoms with Crippen molar-refractivity contribution in [2.75, 3.05) is 0 Å². The Morgan fingerprint density at radius 2 is 1.62 bits per heavy atom. The van der Waals surface area contributed by atoms with Crippen molar-refractivity contribution >= 4 is 5.69 Å². The Labute approximate surface area is 119 Å². The maximum absolute atomic E-state index is 11.1. The summed E-state index contributed by atoms with van der Waals surface area (Å²) in [6.45, 7) is 3.14. The molecule has 0 bridgehead atoms. The van der Waals surface area contributed by atoms with Crippen LogP contribution in [0.2, 0.25) is 0 Å². The van der Waals surface area contributed by atoms with Crippen LogP contribution in [0.5, 0.6) is 5.75 Å². The third-order valence-electron chi connectivity index (χ3n) is 1.66. The molecule has 1 rings (SSSR count). The predicted octanol–water partition coefficient (Wildman–Crippen LogP) is -1.71. The molecule has 0 unspecified atom stereocenters. The van der Waals surface area contributed by atoms with Gasteiger partial charge in [-0.1, -0.05) is 11.1 Å². The van der Waals surface area contributed by atoms with Gasteiger partial charge in [-0.15, -0.1) is 5.75 Å². The SMILES string of the molecule is Cc1cc([N+](=O)[O-])cc(C)c1[O-].[K+]. The van der Waals surface area contributed by atoms with Crippen molar-refractivity contribution in [3.63, 3.8) is 0 Å². The van der Waals surface area contributed by atoms with Crippen LogP contribution in [0.3, 0.4) is 0 Å². The fourth-order valence-electron chi connectivity index (χ4n) is 1.03. The summed E-state index contributed by atoms with van der Waals surface area (Å²) < 4.78 is 0. The van der Waals surface area contributed by atoms with Gasteiger partial charge in [-0.05, 0) is 13.8 Å². The molecule has 0 N–H and O–H groups in total. The van der Waals surface area contributed by atoms with Gasteiger partial charge in [0, 0.05) is 12.1 Å². The van der Waals surface area contributed by atoms with E-state index in [9.17, 15) is 15.2 Å². The van der Waals surface area contributed by atoms with Gasteiger partial charge in [0.1, 0.15) is 0 Å². The number of nitro benzene ring substituents is 1. The molecular weight excluding hydrogens is 197 g/mol. The Bertz CT molecular complexity index is 315. The molecule has 0 fully saturated rings. The molecule has 0 saturated carbocycles. The van der Waals surface area contributed by atoms with Crippen LogP contribution < -0.4 is 56.5 Å². The number of benzene rings is 1. The first-order valence-electron chi connectivity index (χ1n) is 3.45. The molecule has 5 heteroatoms. The van der Waals surface area contributed by atoms with Gasteiger partial charge >= 0.3 is 51.4 Å². The minimum Gasteiger partial charge on any atom is -0.872 e. The van der Waals surface area contributed by atoms with E-state index in [4.69, 9.17) is 0 Å². The van der Waals surface area contributed by atoms with Crippen LogP contribution >= 0.6 is 0 Å². The van der Waals surface area contributed by atoms with Crippen LogP contribution in [0.1, 0.15) is 11.1 Å². The summed E-state index contributed by atoms with van der Waals surface area (Å²) in [7, 11) is 0. The van der Waals surface area contributed by atoms with Gasteiger partial charge in [0.15, 0.2) is 0 Å². The van der Waals surface area contributed by atoms with Gasteiger partial charge in [-0.3, -0.25) is 10.1 Å². The molecule has 1 aromatic rings. The van der Waals surface area contributed by atoms with Gasteiger partial charge in [0.2, 0.25) is 0 Å². The summed E-state index contributed by atoms with van der Waals surface area (Å²) in [6, 6.07) is 2.57. The first-order chi connectivity index (χ1) is 5.52. The summed E-state index contributed by atoms with van der Waals surface area (Å²) in [5, 5.41) is 21.4. The zero-order chi connectivity index (χ0) is 9.30. The minimum atomic E-state index is -0.501. The second kappa shape index (κ2) is 5.07. The molecule has 0 atom stereocenters. The minimum absolute atomic E-state index is 0.